The minimum absolute atomic E-state index is 0.364. The molecule has 0 aromatic heterocycles. The van der Waals surface area contributed by atoms with E-state index in [1.165, 1.54) is 148 Å². The highest BCUT2D eigenvalue weighted by Crippen LogP contribution is 2.25. The molecular formula is C29H60O2. The minimum Gasteiger partial charge on any atom is -0.396 e. The zero-order chi connectivity index (χ0) is 22.7. The van der Waals surface area contributed by atoms with Crippen molar-refractivity contribution in [2.75, 3.05) is 13.2 Å². The van der Waals surface area contributed by atoms with Crippen LogP contribution in [0.4, 0.5) is 0 Å². The molecular weight excluding hydrogens is 380 g/mol. The van der Waals surface area contributed by atoms with Gasteiger partial charge in [0.15, 0.2) is 0 Å². The molecule has 0 heterocycles. The smallest absolute Gasteiger partial charge is 0.0431 e. The molecule has 0 amide bonds. The number of unbranched alkanes of at least 4 members (excludes halogenated alkanes) is 19. The second kappa shape index (κ2) is 28.0. The van der Waals surface area contributed by atoms with Gasteiger partial charge >= 0.3 is 0 Å². The molecule has 0 saturated carbocycles. The molecule has 0 aliphatic rings. The van der Waals surface area contributed by atoms with Crippen LogP contribution >= 0.6 is 0 Å². The number of hydrogen-bond acceptors (Lipinski definition) is 2. The molecule has 0 saturated heterocycles. The quantitative estimate of drug-likeness (QED) is 0.125. The average molecular weight is 441 g/mol. The van der Waals surface area contributed by atoms with Gasteiger partial charge in [-0.1, -0.05) is 155 Å². The highest BCUT2D eigenvalue weighted by molar-refractivity contribution is 4.62. The topological polar surface area (TPSA) is 40.5 Å². The molecule has 0 aromatic rings. The minimum atomic E-state index is 0.364. The van der Waals surface area contributed by atoms with Gasteiger partial charge in [-0.05, 0) is 18.8 Å². The van der Waals surface area contributed by atoms with Crippen LogP contribution in [0.25, 0.3) is 0 Å². The lowest BCUT2D eigenvalue weighted by atomic mass is 9.89. The molecule has 0 fully saturated rings. The Morgan fingerprint density at radius 2 is 0.613 bits per heavy atom. The lowest BCUT2D eigenvalue weighted by Crippen LogP contribution is -2.01. The maximum absolute atomic E-state index is 8.86. The lowest BCUT2D eigenvalue weighted by Gasteiger charge is -2.17. The van der Waals surface area contributed by atoms with Gasteiger partial charge in [-0.2, -0.15) is 0 Å². The zero-order valence-electron chi connectivity index (χ0n) is 21.6. The van der Waals surface area contributed by atoms with Crippen LogP contribution in [0, 0.1) is 5.92 Å². The summed E-state index contributed by atoms with van der Waals surface area (Å²) in [5, 5.41) is 17.7. The summed E-state index contributed by atoms with van der Waals surface area (Å²) in [6.45, 7) is 3.03. The molecule has 0 aliphatic carbocycles. The third kappa shape index (κ3) is 26.1. The molecule has 188 valence electrons. The van der Waals surface area contributed by atoms with E-state index in [2.05, 4.69) is 6.92 Å². The number of aliphatic hydroxyl groups excluding tert-OH is 2. The van der Waals surface area contributed by atoms with Gasteiger partial charge in [0.1, 0.15) is 0 Å². The van der Waals surface area contributed by atoms with Crippen molar-refractivity contribution in [1.82, 2.24) is 0 Å². The molecule has 2 heteroatoms. The lowest BCUT2D eigenvalue weighted by molar-refractivity contribution is 0.282. The third-order valence-corrected chi connectivity index (χ3v) is 7.01. The van der Waals surface area contributed by atoms with Crippen LogP contribution in [0.2, 0.25) is 0 Å². The second-order valence-corrected chi connectivity index (χ2v) is 10.1. The number of hydrogen-bond donors (Lipinski definition) is 2. The Kier molecular flexibility index (Phi) is 27.9. The Morgan fingerprint density at radius 1 is 0.355 bits per heavy atom. The fourth-order valence-corrected chi connectivity index (χ4v) is 4.86. The van der Waals surface area contributed by atoms with Gasteiger partial charge in [-0.3, -0.25) is 0 Å². The first-order chi connectivity index (χ1) is 15.3. The summed E-state index contributed by atoms with van der Waals surface area (Å²) < 4.78 is 0. The van der Waals surface area contributed by atoms with Crippen molar-refractivity contribution in [1.29, 1.82) is 0 Å². The molecule has 0 aromatic carbocycles. The normalized spacial score (nSPS) is 11.6. The first-order valence-corrected chi connectivity index (χ1v) is 14.6. The van der Waals surface area contributed by atoms with Gasteiger partial charge < -0.3 is 10.2 Å². The van der Waals surface area contributed by atoms with Gasteiger partial charge in [-0.25, -0.2) is 0 Å². The Balaban J connectivity index is 3.82. The molecule has 0 aliphatic heterocycles. The van der Waals surface area contributed by atoms with E-state index in [-0.39, 0.29) is 0 Å². The monoisotopic (exact) mass is 440 g/mol. The average Bonchev–Trinajstić information content (AvgIpc) is 2.78. The zero-order valence-corrected chi connectivity index (χ0v) is 21.6. The van der Waals surface area contributed by atoms with Crippen LogP contribution in [0.15, 0.2) is 0 Å². The van der Waals surface area contributed by atoms with Crippen molar-refractivity contribution < 1.29 is 10.2 Å². The number of aliphatic hydroxyl groups is 2. The van der Waals surface area contributed by atoms with Crippen molar-refractivity contribution in [3.8, 4) is 0 Å². The third-order valence-electron chi connectivity index (χ3n) is 7.01. The van der Waals surface area contributed by atoms with E-state index in [9.17, 15) is 0 Å². The summed E-state index contributed by atoms with van der Waals surface area (Å²) >= 11 is 0. The summed E-state index contributed by atoms with van der Waals surface area (Å²) in [5.41, 5.74) is 0. The molecule has 0 rings (SSSR count). The number of rotatable bonds is 27. The van der Waals surface area contributed by atoms with Crippen LogP contribution in [0.5, 0.6) is 0 Å². The summed E-state index contributed by atoms with van der Waals surface area (Å²) in [6.07, 6.45) is 34.1. The van der Waals surface area contributed by atoms with Crippen molar-refractivity contribution in [3.05, 3.63) is 0 Å². The molecule has 2 N–H and O–H groups in total. The van der Waals surface area contributed by atoms with E-state index < -0.39 is 0 Å². The van der Waals surface area contributed by atoms with E-state index in [0.717, 1.165) is 18.8 Å². The highest BCUT2D eigenvalue weighted by atomic mass is 16.3. The van der Waals surface area contributed by atoms with Gasteiger partial charge in [-0.15, -0.1) is 0 Å². The van der Waals surface area contributed by atoms with E-state index >= 15 is 0 Å². The Hall–Kier alpha value is -0.0800. The highest BCUT2D eigenvalue weighted by Gasteiger charge is 2.09. The van der Waals surface area contributed by atoms with Crippen LogP contribution in [-0.2, 0) is 0 Å². The van der Waals surface area contributed by atoms with Crippen LogP contribution < -0.4 is 0 Å². The maximum atomic E-state index is 8.86. The van der Waals surface area contributed by atoms with E-state index in [1.807, 2.05) is 0 Å². The van der Waals surface area contributed by atoms with Crippen molar-refractivity contribution in [2.45, 2.75) is 167 Å². The summed E-state index contributed by atoms with van der Waals surface area (Å²) in [4.78, 5) is 0. The largest absolute Gasteiger partial charge is 0.396 e. The van der Waals surface area contributed by atoms with Gasteiger partial charge in [0, 0.05) is 13.2 Å². The van der Waals surface area contributed by atoms with Gasteiger partial charge in [0.05, 0.1) is 0 Å². The van der Waals surface area contributed by atoms with E-state index in [4.69, 9.17) is 10.2 Å². The second-order valence-electron chi connectivity index (χ2n) is 10.1. The Bertz CT molecular complexity index is 258. The summed E-state index contributed by atoms with van der Waals surface area (Å²) in [5.74, 6) is 0.976. The van der Waals surface area contributed by atoms with Crippen molar-refractivity contribution in [3.63, 3.8) is 0 Å². The van der Waals surface area contributed by atoms with Crippen LogP contribution in [-0.4, -0.2) is 23.4 Å². The molecule has 0 radical (unpaired) electrons. The van der Waals surface area contributed by atoms with E-state index in [1.54, 1.807) is 0 Å². The molecule has 31 heavy (non-hydrogen) atoms. The first kappa shape index (κ1) is 30.9. The van der Waals surface area contributed by atoms with Crippen LogP contribution in [0.1, 0.15) is 167 Å². The Morgan fingerprint density at radius 3 is 0.903 bits per heavy atom. The molecule has 0 spiro atoms. The standard InChI is InChI=1S/C29H60O2/c1-2-3-4-5-6-9-14-19-24-29(25-20-15-10-7-12-17-22-27-30)26-21-16-11-8-13-18-23-28-31/h29-31H,2-28H2,1H3. The SMILES string of the molecule is CCCCCCCCCCC(CCCCCCCCCO)CCCCCCCCCO. The maximum Gasteiger partial charge on any atom is 0.0431 e. The molecule has 0 unspecified atom stereocenters. The molecule has 0 bridgehead atoms. The Labute approximate surface area is 197 Å². The fourth-order valence-electron chi connectivity index (χ4n) is 4.86. The first-order valence-electron chi connectivity index (χ1n) is 14.6. The predicted molar refractivity (Wildman–Crippen MR) is 139 cm³/mol. The van der Waals surface area contributed by atoms with Crippen LogP contribution in [0.3, 0.4) is 0 Å². The van der Waals surface area contributed by atoms with Gasteiger partial charge in [0.25, 0.3) is 0 Å². The molecule has 0 atom stereocenters. The summed E-state index contributed by atoms with van der Waals surface area (Å²) in [7, 11) is 0. The van der Waals surface area contributed by atoms with Crippen molar-refractivity contribution >= 4 is 0 Å². The van der Waals surface area contributed by atoms with Gasteiger partial charge in [0.2, 0.25) is 0 Å². The fraction of sp³-hybridized carbons (Fsp3) is 1.00. The summed E-state index contributed by atoms with van der Waals surface area (Å²) in [6, 6.07) is 0. The van der Waals surface area contributed by atoms with E-state index in [0.29, 0.717) is 13.2 Å². The molecule has 2 nitrogen and oxygen atoms in total. The predicted octanol–water partition coefficient (Wildman–Crippen LogP) is 9.36. The van der Waals surface area contributed by atoms with Crippen molar-refractivity contribution in [2.24, 2.45) is 5.92 Å².